The van der Waals surface area contributed by atoms with Gasteiger partial charge in [0, 0.05) is 12.5 Å². The van der Waals surface area contributed by atoms with Gasteiger partial charge < -0.3 is 33.9 Å². The molecule has 0 aromatic heterocycles. The normalized spacial score (nSPS) is 55.7. The molecule has 66 heavy (non-hydrogen) atoms. The first kappa shape index (κ1) is 43.4. The van der Waals surface area contributed by atoms with E-state index in [0.29, 0.717) is 84.5 Å². The zero-order chi connectivity index (χ0) is 45.7. The van der Waals surface area contributed by atoms with Crippen molar-refractivity contribution in [3.63, 3.8) is 0 Å². The van der Waals surface area contributed by atoms with Crippen LogP contribution in [0.5, 0.6) is 0 Å². The zero-order valence-corrected chi connectivity index (χ0v) is 39.7. The number of amides is 2. The number of aliphatic carboxylic acids is 1. The molecule has 13 nitrogen and oxygen atoms in total. The molecule has 0 aromatic carbocycles. The van der Waals surface area contributed by atoms with Gasteiger partial charge in [-0.05, 0) is 192 Å². The molecular formula is C53H73NO12. The molecule has 6 saturated carbocycles. The molecule has 0 aromatic rings. The lowest BCUT2D eigenvalue weighted by Gasteiger charge is -2.48. The van der Waals surface area contributed by atoms with E-state index in [9.17, 15) is 34.2 Å². The maximum Gasteiger partial charge on any atom is 0.309 e. The van der Waals surface area contributed by atoms with Crippen molar-refractivity contribution in [1.82, 2.24) is 4.90 Å². The SMILES string of the molecule is CCN1C(=O)C(C)C(CC2C(CC3C(CC4C(C)C5OC4C4C6CC(CC6C(=O)OC(C)(C)C)C54)C4OC3C3C5CC(CC5C(=O)OCCO)C43)C3OC2C2C4CC(CC4C(=O)O)C32)C1=O. The molecule has 2 N–H and O–H groups in total. The monoisotopic (exact) mass is 916 g/mol. The van der Waals surface area contributed by atoms with E-state index in [1.54, 1.807) is 0 Å². The molecule has 13 heteroatoms. The van der Waals surface area contributed by atoms with Crippen LogP contribution in [-0.4, -0.2) is 107 Å². The predicted octanol–water partition coefficient (Wildman–Crippen LogP) is 5.48. The lowest BCUT2D eigenvalue weighted by Crippen LogP contribution is -2.51. The van der Waals surface area contributed by atoms with Crippen LogP contribution in [0.25, 0.3) is 0 Å². The topological polar surface area (TPSA) is 175 Å². The van der Waals surface area contributed by atoms with Crippen LogP contribution < -0.4 is 0 Å². The molecule has 6 aliphatic carbocycles. The van der Waals surface area contributed by atoms with E-state index >= 15 is 0 Å². The first-order chi connectivity index (χ1) is 31.6. The fraction of sp³-hybridized carbons (Fsp3) is 0.906. The van der Waals surface area contributed by atoms with Gasteiger partial charge in [-0.15, -0.1) is 0 Å². The number of likely N-dealkylation sites (tertiary alicyclic amines) is 1. The number of rotatable bonds is 12. The largest absolute Gasteiger partial charge is 0.481 e. The van der Waals surface area contributed by atoms with Crippen LogP contribution in [0.4, 0.5) is 0 Å². The molecule has 2 amide bonds. The fourth-order valence-electron chi connectivity index (χ4n) is 20.7. The van der Waals surface area contributed by atoms with Gasteiger partial charge in [0.2, 0.25) is 11.8 Å². The van der Waals surface area contributed by atoms with E-state index in [1.807, 2.05) is 34.6 Å². The summed E-state index contributed by atoms with van der Waals surface area (Å²) in [5, 5.41) is 19.9. The molecule has 29 unspecified atom stereocenters. The van der Waals surface area contributed by atoms with Gasteiger partial charge in [-0.2, -0.15) is 0 Å². The summed E-state index contributed by atoms with van der Waals surface area (Å²) in [6, 6.07) is 0. The number of ether oxygens (including phenoxy) is 5. The summed E-state index contributed by atoms with van der Waals surface area (Å²) in [6.45, 7) is 12.3. The minimum absolute atomic E-state index is 0.00811. The summed E-state index contributed by atoms with van der Waals surface area (Å²) in [5.41, 5.74) is -0.519. The Labute approximate surface area is 388 Å². The minimum Gasteiger partial charge on any atom is -0.481 e. The van der Waals surface area contributed by atoms with E-state index in [1.165, 1.54) is 4.90 Å². The number of carbonyl (C=O) groups excluding carboxylic acids is 4. The quantitative estimate of drug-likeness (QED) is 0.187. The molecule has 29 atom stereocenters. The molecule has 362 valence electrons. The minimum atomic E-state index is -0.697. The van der Waals surface area contributed by atoms with Crippen molar-refractivity contribution >= 4 is 29.7 Å². The number of nitrogens with zero attached hydrogens (tertiary/aromatic N) is 1. The van der Waals surface area contributed by atoms with Crippen molar-refractivity contribution in [2.75, 3.05) is 19.8 Å². The summed E-state index contributed by atoms with van der Waals surface area (Å²) < 4.78 is 33.4. The fourth-order valence-corrected chi connectivity index (χ4v) is 20.7. The molecule has 0 radical (unpaired) electrons. The second-order valence-corrected chi connectivity index (χ2v) is 25.6. The predicted molar refractivity (Wildman–Crippen MR) is 233 cm³/mol. The average molecular weight is 916 g/mol. The van der Waals surface area contributed by atoms with E-state index < -0.39 is 23.4 Å². The number of carboxylic acids is 1. The maximum atomic E-state index is 14.0. The van der Waals surface area contributed by atoms with Gasteiger partial charge in [-0.3, -0.25) is 28.9 Å². The van der Waals surface area contributed by atoms with Gasteiger partial charge in [0.25, 0.3) is 0 Å². The van der Waals surface area contributed by atoms with Crippen LogP contribution >= 0.6 is 0 Å². The lowest BCUT2D eigenvalue weighted by atomic mass is 9.54. The van der Waals surface area contributed by atoms with Crippen molar-refractivity contribution in [1.29, 1.82) is 0 Å². The number of hydrogen-bond donors (Lipinski definition) is 2. The molecular weight excluding hydrogens is 843 g/mol. The van der Waals surface area contributed by atoms with E-state index in [-0.39, 0.29) is 133 Å². The number of fused-ring (bicyclic) bond motifs is 27. The molecule has 12 bridgehead atoms. The third kappa shape index (κ3) is 5.80. The Hall–Kier alpha value is -2.61. The Morgan fingerprint density at radius 3 is 1.59 bits per heavy atom. The van der Waals surface area contributed by atoms with Gasteiger partial charge >= 0.3 is 17.9 Å². The third-order valence-electron chi connectivity index (χ3n) is 22.5. The van der Waals surface area contributed by atoms with Crippen molar-refractivity contribution in [2.24, 2.45) is 136 Å². The molecule has 7 heterocycles. The Morgan fingerprint density at radius 2 is 1.08 bits per heavy atom. The van der Waals surface area contributed by atoms with Crippen LogP contribution in [0.3, 0.4) is 0 Å². The van der Waals surface area contributed by atoms with E-state index in [0.717, 1.165) is 44.9 Å². The lowest BCUT2D eigenvalue weighted by molar-refractivity contribution is -0.163. The van der Waals surface area contributed by atoms with Gasteiger partial charge in [0.05, 0.1) is 66.9 Å². The Bertz CT molecular complexity index is 2070. The Kier molecular flexibility index (Phi) is 9.84. The van der Waals surface area contributed by atoms with Crippen LogP contribution in [0.2, 0.25) is 0 Å². The number of carbonyl (C=O) groups is 5. The molecule has 7 saturated heterocycles. The number of aliphatic hydroxyl groups is 1. The second kappa shape index (κ2) is 15.0. The number of imide groups is 1. The number of hydrogen-bond acceptors (Lipinski definition) is 11. The van der Waals surface area contributed by atoms with Crippen molar-refractivity contribution < 1.29 is 57.9 Å². The highest BCUT2D eigenvalue weighted by Crippen LogP contribution is 2.73. The maximum absolute atomic E-state index is 14.0. The third-order valence-corrected chi connectivity index (χ3v) is 22.5. The van der Waals surface area contributed by atoms with Crippen LogP contribution in [-0.2, 0) is 47.7 Å². The highest BCUT2D eigenvalue weighted by molar-refractivity contribution is 6.04. The van der Waals surface area contributed by atoms with Crippen LogP contribution in [0.15, 0.2) is 0 Å². The number of carboxylic acid groups (broad SMARTS) is 1. The highest BCUT2D eigenvalue weighted by atomic mass is 16.6. The van der Waals surface area contributed by atoms with E-state index in [4.69, 9.17) is 23.7 Å². The van der Waals surface area contributed by atoms with Gasteiger partial charge in [-0.1, -0.05) is 13.8 Å². The Balaban J connectivity index is 0.827. The smallest absolute Gasteiger partial charge is 0.309 e. The van der Waals surface area contributed by atoms with E-state index in [2.05, 4.69) is 6.92 Å². The molecule has 0 spiro atoms. The summed E-state index contributed by atoms with van der Waals surface area (Å²) in [5.74, 6) is 2.74. The average Bonchev–Trinajstić information content (AvgIpc) is 4.12. The summed E-state index contributed by atoms with van der Waals surface area (Å²) in [7, 11) is 0. The second-order valence-electron chi connectivity index (χ2n) is 25.6. The zero-order valence-electron chi connectivity index (χ0n) is 39.7. The van der Waals surface area contributed by atoms with Crippen molar-refractivity contribution in [3.05, 3.63) is 0 Å². The molecule has 13 aliphatic rings. The first-order valence-corrected chi connectivity index (χ1v) is 26.6. The van der Waals surface area contributed by atoms with Gasteiger partial charge in [0.1, 0.15) is 12.2 Å². The van der Waals surface area contributed by atoms with Crippen LogP contribution in [0.1, 0.15) is 99.3 Å². The summed E-state index contributed by atoms with van der Waals surface area (Å²) in [6.07, 6.45) is 8.23. The van der Waals surface area contributed by atoms with Gasteiger partial charge in [-0.25, -0.2) is 0 Å². The Morgan fingerprint density at radius 1 is 0.621 bits per heavy atom. The molecule has 13 fully saturated rings. The number of aliphatic hydroxyl groups excluding tert-OH is 1. The number of esters is 2. The highest BCUT2D eigenvalue weighted by Gasteiger charge is 2.75. The summed E-state index contributed by atoms with van der Waals surface area (Å²) >= 11 is 0. The standard InChI is InChI=1S/C53H73NO12/c1-7-54-48(56)20(3)25(49(54)57)17-30-31(45-37-21-10-26(33(13-21)50(58)59)39(37)46(30)65-45)18-32-29(44-38-23-12-27(41(38)47(32)64-44)34(14-23)51(60)62-9-8-55)16-24-19(2)42-36-22-11-28(40(36)43(24)63-42)35(15-22)52(61)66-53(4,5)6/h19-47,55H,7-18H2,1-6H3,(H,58,59). The van der Waals surface area contributed by atoms with Gasteiger partial charge in [0.15, 0.2) is 0 Å². The molecule has 7 aliphatic heterocycles. The molecule has 13 rings (SSSR count). The van der Waals surface area contributed by atoms with Crippen molar-refractivity contribution in [2.45, 2.75) is 142 Å². The van der Waals surface area contributed by atoms with Crippen molar-refractivity contribution in [3.8, 4) is 0 Å². The first-order valence-electron chi connectivity index (χ1n) is 26.6. The van der Waals surface area contributed by atoms with Crippen LogP contribution in [0, 0.1) is 136 Å². The summed E-state index contributed by atoms with van der Waals surface area (Å²) in [4.78, 5) is 68.8.